The zero-order valence-corrected chi connectivity index (χ0v) is 11.2. The zero-order chi connectivity index (χ0) is 14.0. The Labute approximate surface area is 112 Å². The molecule has 2 rings (SSSR count). The molecule has 0 amide bonds. The summed E-state index contributed by atoms with van der Waals surface area (Å²) in [6.45, 7) is 5.92. The number of aromatic nitrogens is 2. The van der Waals surface area contributed by atoms with E-state index in [1.54, 1.807) is 6.08 Å². The minimum absolute atomic E-state index is 0.896. The van der Waals surface area contributed by atoms with Crippen molar-refractivity contribution in [1.29, 1.82) is 0 Å². The summed E-state index contributed by atoms with van der Waals surface area (Å²) in [5.74, 6) is -0.943. The number of carbonyl (C=O) groups is 1. The van der Waals surface area contributed by atoms with Gasteiger partial charge in [-0.15, -0.1) is 0 Å². The minimum Gasteiger partial charge on any atom is -0.478 e. The van der Waals surface area contributed by atoms with Gasteiger partial charge in [-0.1, -0.05) is 6.07 Å². The molecule has 1 N–H and O–H groups in total. The topological polar surface area (TPSA) is 55.1 Å². The molecule has 0 aliphatic heterocycles. The summed E-state index contributed by atoms with van der Waals surface area (Å²) >= 11 is 0. The van der Waals surface area contributed by atoms with Gasteiger partial charge in [-0.2, -0.15) is 5.10 Å². The van der Waals surface area contributed by atoms with Crippen molar-refractivity contribution in [2.75, 3.05) is 0 Å². The Balaban J connectivity index is 2.39. The van der Waals surface area contributed by atoms with Gasteiger partial charge in [0.2, 0.25) is 0 Å². The van der Waals surface area contributed by atoms with E-state index in [0.717, 1.165) is 34.3 Å². The molecule has 4 heteroatoms. The van der Waals surface area contributed by atoms with Gasteiger partial charge in [0.15, 0.2) is 0 Å². The van der Waals surface area contributed by atoms with Gasteiger partial charge < -0.3 is 5.11 Å². The van der Waals surface area contributed by atoms with Crippen molar-refractivity contribution in [3.05, 3.63) is 52.9 Å². The monoisotopic (exact) mass is 256 g/mol. The number of hydrogen-bond donors (Lipinski definition) is 1. The second kappa shape index (κ2) is 5.10. The quantitative estimate of drug-likeness (QED) is 0.859. The first-order valence-electron chi connectivity index (χ1n) is 6.02. The Hall–Kier alpha value is -2.36. The lowest BCUT2D eigenvalue weighted by atomic mass is 10.1. The van der Waals surface area contributed by atoms with Gasteiger partial charge in [0.1, 0.15) is 0 Å². The summed E-state index contributed by atoms with van der Waals surface area (Å²) in [6, 6.07) is 7.86. The van der Waals surface area contributed by atoms with Crippen molar-refractivity contribution in [3.63, 3.8) is 0 Å². The molecule has 0 aliphatic rings. The molecule has 0 bridgehead atoms. The molecule has 4 nitrogen and oxygen atoms in total. The molecule has 1 aromatic heterocycles. The fraction of sp³-hybridized carbons (Fsp3) is 0.200. The van der Waals surface area contributed by atoms with Crippen molar-refractivity contribution >= 4 is 12.0 Å². The lowest BCUT2D eigenvalue weighted by Gasteiger charge is -2.07. The lowest BCUT2D eigenvalue weighted by molar-refractivity contribution is -0.131. The van der Waals surface area contributed by atoms with Crippen LogP contribution >= 0.6 is 0 Å². The van der Waals surface area contributed by atoms with Crippen LogP contribution in [0.25, 0.3) is 11.8 Å². The summed E-state index contributed by atoms with van der Waals surface area (Å²) in [5, 5.41) is 13.1. The minimum atomic E-state index is -0.943. The number of hydrogen-bond acceptors (Lipinski definition) is 2. The van der Waals surface area contributed by atoms with Crippen LogP contribution in [0.2, 0.25) is 0 Å². The summed E-state index contributed by atoms with van der Waals surface area (Å²) in [7, 11) is 0. The molecule has 2 aromatic rings. The maximum Gasteiger partial charge on any atom is 0.328 e. The predicted molar refractivity (Wildman–Crippen MR) is 74.4 cm³/mol. The SMILES string of the molecule is Cc1cc(C)n(-c2ccc(/C=C/C(=O)O)c(C)c2)n1. The van der Waals surface area contributed by atoms with E-state index in [1.165, 1.54) is 0 Å². The molecule has 0 unspecified atom stereocenters. The van der Waals surface area contributed by atoms with Crippen LogP contribution in [0.15, 0.2) is 30.3 Å². The van der Waals surface area contributed by atoms with Crippen molar-refractivity contribution in [1.82, 2.24) is 9.78 Å². The average molecular weight is 256 g/mol. The van der Waals surface area contributed by atoms with Crippen molar-refractivity contribution in [3.8, 4) is 5.69 Å². The second-order valence-electron chi connectivity index (χ2n) is 4.55. The number of carboxylic acid groups (broad SMARTS) is 1. The number of nitrogens with zero attached hydrogens (tertiary/aromatic N) is 2. The number of rotatable bonds is 3. The molecule has 19 heavy (non-hydrogen) atoms. The molecule has 0 radical (unpaired) electrons. The second-order valence-corrected chi connectivity index (χ2v) is 4.55. The van der Waals surface area contributed by atoms with Crippen LogP contribution in [0.3, 0.4) is 0 Å². The third kappa shape index (κ3) is 2.91. The first-order chi connectivity index (χ1) is 8.97. The van der Waals surface area contributed by atoms with Gasteiger partial charge in [-0.05, 0) is 56.2 Å². The number of aryl methyl sites for hydroxylation is 3. The third-order valence-corrected chi connectivity index (χ3v) is 2.91. The van der Waals surface area contributed by atoms with Crippen LogP contribution < -0.4 is 0 Å². The van der Waals surface area contributed by atoms with Crippen LogP contribution in [0.5, 0.6) is 0 Å². The van der Waals surface area contributed by atoms with E-state index in [0.29, 0.717) is 0 Å². The Bertz CT molecular complexity index is 654. The van der Waals surface area contributed by atoms with Gasteiger partial charge in [-0.25, -0.2) is 9.48 Å². The van der Waals surface area contributed by atoms with Crippen molar-refractivity contribution in [2.24, 2.45) is 0 Å². The van der Waals surface area contributed by atoms with E-state index in [2.05, 4.69) is 5.10 Å². The van der Waals surface area contributed by atoms with E-state index in [1.807, 2.05) is 49.7 Å². The largest absolute Gasteiger partial charge is 0.478 e. The molecule has 0 saturated heterocycles. The molecule has 1 heterocycles. The van der Waals surface area contributed by atoms with E-state index in [-0.39, 0.29) is 0 Å². The lowest BCUT2D eigenvalue weighted by Crippen LogP contribution is -2.00. The van der Waals surface area contributed by atoms with Gasteiger partial charge in [0, 0.05) is 11.8 Å². The van der Waals surface area contributed by atoms with Gasteiger partial charge in [0.05, 0.1) is 11.4 Å². The smallest absolute Gasteiger partial charge is 0.328 e. The van der Waals surface area contributed by atoms with Crippen LogP contribution in [0.1, 0.15) is 22.5 Å². The maximum atomic E-state index is 10.5. The predicted octanol–water partition coefficient (Wildman–Crippen LogP) is 2.90. The Morgan fingerprint density at radius 2 is 2.00 bits per heavy atom. The molecule has 0 saturated carbocycles. The molecule has 0 fully saturated rings. The van der Waals surface area contributed by atoms with Crippen LogP contribution in [-0.2, 0) is 4.79 Å². The van der Waals surface area contributed by atoms with E-state index in [9.17, 15) is 4.79 Å². The van der Waals surface area contributed by atoms with Crippen LogP contribution in [0, 0.1) is 20.8 Å². The standard InChI is InChI=1S/C15H16N2O2/c1-10-8-14(17-12(3)9-11(2)16-17)6-4-13(10)5-7-15(18)19/h4-9H,1-3H3,(H,18,19)/b7-5+. The third-order valence-electron chi connectivity index (χ3n) is 2.91. The van der Waals surface area contributed by atoms with Crippen LogP contribution in [-0.4, -0.2) is 20.9 Å². The fourth-order valence-corrected chi connectivity index (χ4v) is 2.03. The number of aliphatic carboxylic acids is 1. The average Bonchev–Trinajstić information content (AvgIpc) is 2.66. The van der Waals surface area contributed by atoms with Gasteiger partial charge >= 0.3 is 5.97 Å². The van der Waals surface area contributed by atoms with Crippen LogP contribution in [0.4, 0.5) is 0 Å². The summed E-state index contributed by atoms with van der Waals surface area (Å²) < 4.78 is 1.88. The molecule has 1 aromatic carbocycles. The normalized spacial score (nSPS) is 11.1. The van der Waals surface area contributed by atoms with Crippen molar-refractivity contribution < 1.29 is 9.90 Å². The molecule has 0 spiro atoms. The van der Waals surface area contributed by atoms with E-state index < -0.39 is 5.97 Å². The summed E-state index contributed by atoms with van der Waals surface area (Å²) in [5.41, 5.74) is 4.95. The summed E-state index contributed by atoms with van der Waals surface area (Å²) in [4.78, 5) is 10.5. The van der Waals surface area contributed by atoms with E-state index in [4.69, 9.17) is 5.11 Å². The highest BCUT2D eigenvalue weighted by Gasteiger charge is 2.05. The number of carboxylic acids is 1. The first kappa shape index (κ1) is 13.1. The fourth-order valence-electron chi connectivity index (χ4n) is 2.03. The number of benzene rings is 1. The van der Waals surface area contributed by atoms with Gasteiger partial charge in [-0.3, -0.25) is 0 Å². The Morgan fingerprint density at radius 3 is 2.53 bits per heavy atom. The highest BCUT2D eigenvalue weighted by Crippen LogP contribution is 2.17. The Morgan fingerprint density at radius 1 is 1.26 bits per heavy atom. The molecular weight excluding hydrogens is 240 g/mol. The molecular formula is C15H16N2O2. The molecule has 0 aliphatic carbocycles. The maximum absolute atomic E-state index is 10.5. The van der Waals surface area contributed by atoms with E-state index >= 15 is 0 Å². The van der Waals surface area contributed by atoms with Gasteiger partial charge in [0.25, 0.3) is 0 Å². The highest BCUT2D eigenvalue weighted by atomic mass is 16.4. The zero-order valence-electron chi connectivity index (χ0n) is 11.2. The molecule has 98 valence electrons. The molecule has 0 atom stereocenters. The highest BCUT2D eigenvalue weighted by molar-refractivity contribution is 5.85. The summed E-state index contributed by atoms with van der Waals surface area (Å²) in [6.07, 6.45) is 2.74. The Kier molecular flexibility index (Phi) is 3.51. The van der Waals surface area contributed by atoms with Crippen molar-refractivity contribution in [2.45, 2.75) is 20.8 Å². The first-order valence-corrected chi connectivity index (χ1v) is 6.02.